The Bertz CT molecular complexity index is 1230. The minimum atomic E-state index is -0.441. The van der Waals surface area contributed by atoms with E-state index in [-0.39, 0.29) is 11.3 Å². The predicted octanol–water partition coefficient (Wildman–Crippen LogP) is 5.32. The van der Waals surface area contributed by atoms with Gasteiger partial charge in [0.05, 0.1) is 25.5 Å². The second-order valence-electron chi connectivity index (χ2n) is 7.42. The highest BCUT2D eigenvalue weighted by Gasteiger charge is 2.40. The van der Waals surface area contributed by atoms with Gasteiger partial charge in [0, 0.05) is 16.8 Å². The third-order valence-electron chi connectivity index (χ3n) is 5.47. The minimum absolute atomic E-state index is 0.175. The Hall–Kier alpha value is -3.77. The Morgan fingerprint density at radius 1 is 0.848 bits per heavy atom. The molecule has 168 valence electrons. The van der Waals surface area contributed by atoms with Crippen molar-refractivity contribution in [1.29, 1.82) is 0 Å². The van der Waals surface area contributed by atoms with Gasteiger partial charge in [-0.1, -0.05) is 42.8 Å². The maximum Gasteiger partial charge on any atom is 0.282 e. The molecule has 0 aliphatic carbocycles. The standard InChI is InChI=1S/C26H23ClN2O4/c1-4-16-5-12-20(13-6-16)29-25(30)23(17-7-9-18(27)10-8-17)24(26(29)31)28-19-11-14-21(32-2)22(15-19)33-3/h5-15,28H,4H2,1-3H3. The molecule has 1 heterocycles. The summed E-state index contributed by atoms with van der Waals surface area (Å²) in [6, 6.07) is 19.4. The molecular weight excluding hydrogens is 440 g/mol. The van der Waals surface area contributed by atoms with Crippen molar-refractivity contribution in [2.75, 3.05) is 24.4 Å². The van der Waals surface area contributed by atoms with Crippen LogP contribution in [0.2, 0.25) is 5.02 Å². The van der Waals surface area contributed by atoms with Gasteiger partial charge >= 0.3 is 0 Å². The summed E-state index contributed by atoms with van der Waals surface area (Å²) in [5, 5.41) is 3.67. The van der Waals surface area contributed by atoms with Crippen LogP contribution in [0.5, 0.6) is 11.5 Å². The van der Waals surface area contributed by atoms with Crippen LogP contribution in [0.25, 0.3) is 5.57 Å². The SMILES string of the molecule is CCc1ccc(N2C(=O)C(Nc3ccc(OC)c(OC)c3)=C(c3ccc(Cl)cc3)C2=O)cc1. The van der Waals surface area contributed by atoms with Crippen LogP contribution in [-0.2, 0) is 16.0 Å². The molecule has 0 fully saturated rings. The monoisotopic (exact) mass is 462 g/mol. The zero-order valence-corrected chi connectivity index (χ0v) is 19.3. The number of hydrogen-bond donors (Lipinski definition) is 1. The lowest BCUT2D eigenvalue weighted by Crippen LogP contribution is -2.32. The molecular formula is C26H23ClN2O4. The Labute approximate surface area is 197 Å². The van der Waals surface area contributed by atoms with Crippen LogP contribution in [-0.4, -0.2) is 26.0 Å². The summed E-state index contributed by atoms with van der Waals surface area (Å²) < 4.78 is 10.7. The molecule has 33 heavy (non-hydrogen) atoms. The van der Waals surface area contributed by atoms with Crippen LogP contribution in [0, 0.1) is 0 Å². The number of amides is 2. The number of nitrogens with one attached hydrogen (secondary N) is 1. The molecule has 0 radical (unpaired) electrons. The van der Waals surface area contributed by atoms with Crippen molar-refractivity contribution in [2.45, 2.75) is 13.3 Å². The fourth-order valence-electron chi connectivity index (χ4n) is 3.70. The molecule has 4 rings (SSSR count). The maximum absolute atomic E-state index is 13.5. The Morgan fingerprint density at radius 2 is 1.52 bits per heavy atom. The molecule has 3 aromatic carbocycles. The summed E-state index contributed by atoms with van der Waals surface area (Å²) in [5.41, 5.74) is 3.25. The van der Waals surface area contributed by atoms with Crippen molar-refractivity contribution in [2.24, 2.45) is 0 Å². The van der Waals surface area contributed by atoms with Crippen LogP contribution >= 0.6 is 11.6 Å². The summed E-state index contributed by atoms with van der Waals surface area (Å²) in [7, 11) is 3.08. The highest BCUT2D eigenvalue weighted by molar-refractivity contribution is 6.46. The molecule has 1 N–H and O–H groups in total. The number of nitrogens with zero attached hydrogens (tertiary/aromatic N) is 1. The summed E-state index contributed by atoms with van der Waals surface area (Å²) in [4.78, 5) is 28.2. The summed E-state index contributed by atoms with van der Waals surface area (Å²) in [6.45, 7) is 2.05. The fraction of sp³-hybridized carbons (Fsp3) is 0.154. The summed E-state index contributed by atoms with van der Waals surface area (Å²) >= 11 is 6.04. The van der Waals surface area contributed by atoms with E-state index in [9.17, 15) is 9.59 Å². The number of hydrogen-bond acceptors (Lipinski definition) is 5. The second-order valence-corrected chi connectivity index (χ2v) is 7.85. The first-order chi connectivity index (χ1) is 16.0. The van der Waals surface area contributed by atoms with Crippen LogP contribution in [0.1, 0.15) is 18.1 Å². The Morgan fingerprint density at radius 3 is 2.12 bits per heavy atom. The van der Waals surface area contributed by atoms with Crippen LogP contribution in [0.15, 0.2) is 72.4 Å². The molecule has 0 atom stereocenters. The maximum atomic E-state index is 13.5. The normalized spacial score (nSPS) is 13.5. The van der Waals surface area contributed by atoms with E-state index in [1.807, 2.05) is 19.1 Å². The average molecular weight is 463 g/mol. The third kappa shape index (κ3) is 4.30. The fourth-order valence-corrected chi connectivity index (χ4v) is 3.83. The predicted molar refractivity (Wildman–Crippen MR) is 130 cm³/mol. The van der Waals surface area contributed by atoms with Crippen LogP contribution in [0.3, 0.4) is 0 Å². The number of halogens is 1. The molecule has 0 saturated carbocycles. The number of rotatable bonds is 7. The van der Waals surface area contributed by atoms with E-state index in [1.165, 1.54) is 12.0 Å². The van der Waals surface area contributed by atoms with Crippen LogP contribution in [0.4, 0.5) is 11.4 Å². The Balaban J connectivity index is 1.79. The molecule has 1 aliphatic heterocycles. The number of imide groups is 1. The molecule has 2 amide bonds. The van der Waals surface area contributed by atoms with E-state index in [0.717, 1.165) is 12.0 Å². The van der Waals surface area contributed by atoms with Gasteiger partial charge in [0.15, 0.2) is 11.5 Å². The van der Waals surface area contributed by atoms with Gasteiger partial charge in [-0.2, -0.15) is 0 Å². The first-order valence-corrected chi connectivity index (χ1v) is 10.8. The second kappa shape index (κ2) is 9.38. The number of anilines is 2. The number of aryl methyl sites for hydroxylation is 1. The third-order valence-corrected chi connectivity index (χ3v) is 5.72. The largest absolute Gasteiger partial charge is 0.493 e. The first-order valence-electron chi connectivity index (χ1n) is 10.4. The van der Waals surface area contributed by atoms with E-state index in [4.69, 9.17) is 21.1 Å². The molecule has 3 aromatic rings. The van der Waals surface area contributed by atoms with E-state index in [0.29, 0.717) is 33.5 Å². The molecule has 0 unspecified atom stereocenters. The van der Waals surface area contributed by atoms with Gasteiger partial charge in [0.25, 0.3) is 11.8 Å². The van der Waals surface area contributed by atoms with Gasteiger partial charge in [0.2, 0.25) is 0 Å². The van der Waals surface area contributed by atoms with Crippen molar-refractivity contribution in [1.82, 2.24) is 0 Å². The van der Waals surface area contributed by atoms with Crippen molar-refractivity contribution in [3.63, 3.8) is 0 Å². The number of ether oxygens (including phenoxy) is 2. The Kier molecular flexibility index (Phi) is 6.38. The van der Waals surface area contributed by atoms with Gasteiger partial charge in [-0.15, -0.1) is 0 Å². The van der Waals surface area contributed by atoms with Gasteiger partial charge in [-0.25, -0.2) is 4.90 Å². The van der Waals surface area contributed by atoms with E-state index in [1.54, 1.807) is 61.7 Å². The topological polar surface area (TPSA) is 67.9 Å². The molecule has 0 saturated heterocycles. The van der Waals surface area contributed by atoms with Crippen molar-refractivity contribution < 1.29 is 19.1 Å². The van der Waals surface area contributed by atoms with Gasteiger partial charge < -0.3 is 14.8 Å². The molecule has 0 spiro atoms. The zero-order chi connectivity index (χ0) is 23.5. The minimum Gasteiger partial charge on any atom is -0.493 e. The lowest BCUT2D eigenvalue weighted by atomic mass is 10.0. The average Bonchev–Trinajstić information content (AvgIpc) is 3.08. The van der Waals surface area contributed by atoms with E-state index in [2.05, 4.69) is 5.32 Å². The quantitative estimate of drug-likeness (QED) is 0.481. The first kappa shape index (κ1) is 22.4. The van der Waals surface area contributed by atoms with Crippen molar-refractivity contribution in [3.05, 3.63) is 88.6 Å². The number of carbonyl (C=O) groups is 2. The van der Waals surface area contributed by atoms with Gasteiger partial charge in [-0.05, 0) is 53.9 Å². The molecule has 0 aromatic heterocycles. The molecule has 6 nitrogen and oxygen atoms in total. The van der Waals surface area contributed by atoms with Crippen molar-refractivity contribution in [3.8, 4) is 11.5 Å². The van der Waals surface area contributed by atoms with Gasteiger partial charge in [0.1, 0.15) is 5.70 Å². The molecule has 1 aliphatic rings. The smallest absolute Gasteiger partial charge is 0.282 e. The highest BCUT2D eigenvalue weighted by Crippen LogP contribution is 2.36. The van der Waals surface area contributed by atoms with E-state index >= 15 is 0 Å². The number of methoxy groups -OCH3 is 2. The zero-order valence-electron chi connectivity index (χ0n) is 18.5. The number of carbonyl (C=O) groups excluding carboxylic acids is 2. The molecule has 0 bridgehead atoms. The number of benzene rings is 3. The lowest BCUT2D eigenvalue weighted by molar-refractivity contribution is -0.120. The summed E-state index contributed by atoms with van der Waals surface area (Å²) in [5.74, 6) is 0.208. The van der Waals surface area contributed by atoms with Gasteiger partial charge in [-0.3, -0.25) is 9.59 Å². The summed E-state index contributed by atoms with van der Waals surface area (Å²) in [6.07, 6.45) is 0.864. The van der Waals surface area contributed by atoms with E-state index < -0.39 is 11.8 Å². The highest BCUT2D eigenvalue weighted by atomic mass is 35.5. The lowest BCUT2D eigenvalue weighted by Gasteiger charge is -2.16. The molecule has 7 heteroatoms. The van der Waals surface area contributed by atoms with Crippen LogP contribution < -0.4 is 19.7 Å². The van der Waals surface area contributed by atoms with Crippen molar-refractivity contribution >= 4 is 40.4 Å².